The van der Waals surface area contributed by atoms with Gasteiger partial charge >= 0.3 is 0 Å². The van der Waals surface area contributed by atoms with Gasteiger partial charge < -0.3 is 5.73 Å². The average Bonchev–Trinajstić information content (AvgIpc) is 2.43. The van der Waals surface area contributed by atoms with E-state index in [1.165, 1.54) is 0 Å². The van der Waals surface area contributed by atoms with Gasteiger partial charge in [0.05, 0.1) is 16.9 Å². The van der Waals surface area contributed by atoms with Gasteiger partial charge in [0.15, 0.2) is 0 Å². The summed E-state index contributed by atoms with van der Waals surface area (Å²) in [4.78, 5) is 0. The Kier molecular flexibility index (Phi) is 3.75. The molecule has 0 atom stereocenters. The highest BCUT2D eigenvalue weighted by molar-refractivity contribution is 6.31. The fraction of sp³-hybridized carbons (Fsp3) is 0.667. The van der Waals surface area contributed by atoms with Crippen LogP contribution in [0.3, 0.4) is 0 Å². The molecule has 0 saturated heterocycles. The summed E-state index contributed by atoms with van der Waals surface area (Å²) in [6.45, 7) is 4.88. The van der Waals surface area contributed by atoms with Gasteiger partial charge in [-0.15, -0.1) is 0 Å². The number of hydrogen-bond donors (Lipinski definition) is 1. The molecule has 1 heterocycles. The topological polar surface area (TPSA) is 43.8 Å². The highest BCUT2D eigenvalue weighted by Crippen LogP contribution is 2.19. The molecule has 1 aromatic heterocycles. The lowest BCUT2D eigenvalue weighted by Gasteiger charge is -2.10. The van der Waals surface area contributed by atoms with E-state index in [4.69, 9.17) is 17.3 Å². The van der Waals surface area contributed by atoms with E-state index in [1.807, 2.05) is 4.68 Å². The molecule has 0 amide bonds. The lowest BCUT2D eigenvalue weighted by molar-refractivity contribution is 0.506. The number of nitrogens with two attached hydrogens (primary N) is 1. The van der Waals surface area contributed by atoms with Crippen LogP contribution in [0.1, 0.15) is 32.0 Å². The van der Waals surface area contributed by atoms with Crippen LogP contribution in [-0.4, -0.2) is 16.3 Å². The number of rotatable bonds is 4. The second-order valence-electron chi connectivity index (χ2n) is 3.37. The minimum Gasteiger partial charge on any atom is -0.330 e. The summed E-state index contributed by atoms with van der Waals surface area (Å²) < 4.78 is 1.96. The largest absolute Gasteiger partial charge is 0.330 e. The standard InChI is InChI=1S/C9H16ClN3/c1-7(2)13-9(4-3-5-11)8(10)6-12-13/h6-7H,3-5,11H2,1-2H3. The fourth-order valence-electron chi connectivity index (χ4n) is 1.32. The monoisotopic (exact) mass is 201 g/mol. The Balaban J connectivity index is 2.82. The molecule has 1 rings (SSSR count). The third-order valence-corrected chi connectivity index (χ3v) is 2.27. The van der Waals surface area contributed by atoms with Crippen LogP contribution >= 0.6 is 11.6 Å². The number of aromatic nitrogens is 2. The summed E-state index contributed by atoms with van der Waals surface area (Å²) in [6.07, 6.45) is 3.57. The fourth-order valence-corrected chi connectivity index (χ4v) is 1.54. The van der Waals surface area contributed by atoms with Crippen molar-refractivity contribution in [3.63, 3.8) is 0 Å². The quantitative estimate of drug-likeness (QED) is 0.810. The van der Waals surface area contributed by atoms with Crippen LogP contribution in [0.15, 0.2) is 6.20 Å². The molecule has 0 saturated carbocycles. The molecular weight excluding hydrogens is 186 g/mol. The molecule has 0 radical (unpaired) electrons. The maximum Gasteiger partial charge on any atom is 0.0817 e. The molecule has 0 aliphatic heterocycles. The first-order valence-electron chi connectivity index (χ1n) is 4.58. The molecule has 0 unspecified atom stereocenters. The maximum atomic E-state index is 6.00. The molecule has 1 aromatic rings. The van der Waals surface area contributed by atoms with Gasteiger partial charge in [-0.25, -0.2) is 0 Å². The minimum atomic E-state index is 0.361. The predicted octanol–water partition coefficient (Wildman–Crippen LogP) is 2.01. The van der Waals surface area contributed by atoms with E-state index in [-0.39, 0.29) is 0 Å². The summed E-state index contributed by atoms with van der Waals surface area (Å²) >= 11 is 6.00. The molecule has 2 N–H and O–H groups in total. The summed E-state index contributed by atoms with van der Waals surface area (Å²) in [7, 11) is 0. The van der Waals surface area contributed by atoms with Crippen LogP contribution in [-0.2, 0) is 6.42 Å². The second-order valence-corrected chi connectivity index (χ2v) is 3.78. The smallest absolute Gasteiger partial charge is 0.0817 e. The van der Waals surface area contributed by atoms with Gasteiger partial charge in [-0.1, -0.05) is 11.6 Å². The Labute approximate surface area is 83.9 Å². The van der Waals surface area contributed by atoms with Gasteiger partial charge in [-0.2, -0.15) is 5.10 Å². The molecule has 0 bridgehead atoms. The predicted molar refractivity (Wildman–Crippen MR) is 55.0 cm³/mol. The van der Waals surface area contributed by atoms with Crippen molar-refractivity contribution in [1.82, 2.24) is 9.78 Å². The Hall–Kier alpha value is -0.540. The highest BCUT2D eigenvalue weighted by Gasteiger charge is 2.10. The number of halogens is 1. The molecule has 0 spiro atoms. The van der Waals surface area contributed by atoms with Gasteiger partial charge in [0.1, 0.15) is 0 Å². The highest BCUT2D eigenvalue weighted by atomic mass is 35.5. The van der Waals surface area contributed by atoms with Crippen molar-refractivity contribution in [2.24, 2.45) is 5.73 Å². The van der Waals surface area contributed by atoms with Gasteiger partial charge in [0.25, 0.3) is 0 Å². The van der Waals surface area contributed by atoms with Gasteiger partial charge in [0.2, 0.25) is 0 Å². The number of nitrogens with zero attached hydrogens (tertiary/aromatic N) is 2. The maximum absolute atomic E-state index is 6.00. The molecule has 4 heteroatoms. The lowest BCUT2D eigenvalue weighted by Crippen LogP contribution is -2.09. The van der Waals surface area contributed by atoms with Crippen molar-refractivity contribution < 1.29 is 0 Å². The van der Waals surface area contributed by atoms with Gasteiger partial charge in [-0.3, -0.25) is 4.68 Å². The van der Waals surface area contributed by atoms with Crippen LogP contribution in [0.4, 0.5) is 0 Å². The Morgan fingerprint density at radius 2 is 2.31 bits per heavy atom. The Morgan fingerprint density at radius 1 is 1.62 bits per heavy atom. The molecule has 0 aliphatic carbocycles. The van der Waals surface area contributed by atoms with Crippen molar-refractivity contribution in [3.8, 4) is 0 Å². The van der Waals surface area contributed by atoms with E-state index in [0.29, 0.717) is 12.6 Å². The average molecular weight is 202 g/mol. The second kappa shape index (κ2) is 4.63. The van der Waals surface area contributed by atoms with Gasteiger partial charge in [0, 0.05) is 6.04 Å². The van der Waals surface area contributed by atoms with E-state index in [1.54, 1.807) is 6.20 Å². The molecular formula is C9H16ClN3. The minimum absolute atomic E-state index is 0.361. The van der Waals surface area contributed by atoms with E-state index >= 15 is 0 Å². The zero-order valence-electron chi connectivity index (χ0n) is 8.13. The van der Waals surface area contributed by atoms with Crippen LogP contribution in [0, 0.1) is 0 Å². The van der Waals surface area contributed by atoms with E-state index in [2.05, 4.69) is 18.9 Å². The molecule has 3 nitrogen and oxygen atoms in total. The van der Waals surface area contributed by atoms with Gasteiger partial charge in [-0.05, 0) is 33.2 Å². The van der Waals surface area contributed by atoms with Crippen LogP contribution < -0.4 is 5.73 Å². The Bertz CT molecular complexity index is 268. The molecule has 0 aromatic carbocycles. The summed E-state index contributed by atoms with van der Waals surface area (Å²) in [5, 5.41) is 4.96. The molecule has 13 heavy (non-hydrogen) atoms. The van der Waals surface area contributed by atoms with E-state index in [9.17, 15) is 0 Å². The zero-order valence-corrected chi connectivity index (χ0v) is 8.88. The van der Waals surface area contributed by atoms with E-state index in [0.717, 1.165) is 23.6 Å². The Morgan fingerprint density at radius 3 is 2.85 bits per heavy atom. The lowest BCUT2D eigenvalue weighted by atomic mass is 10.2. The van der Waals surface area contributed by atoms with Crippen LogP contribution in [0.2, 0.25) is 5.02 Å². The van der Waals surface area contributed by atoms with Crippen molar-refractivity contribution >= 4 is 11.6 Å². The van der Waals surface area contributed by atoms with Crippen molar-refractivity contribution in [2.75, 3.05) is 6.54 Å². The summed E-state index contributed by atoms with van der Waals surface area (Å²) in [6, 6.07) is 0.361. The van der Waals surface area contributed by atoms with Crippen LogP contribution in [0.5, 0.6) is 0 Å². The molecule has 74 valence electrons. The SMILES string of the molecule is CC(C)n1ncc(Cl)c1CCCN. The van der Waals surface area contributed by atoms with Crippen molar-refractivity contribution in [2.45, 2.75) is 32.7 Å². The van der Waals surface area contributed by atoms with Crippen molar-refractivity contribution in [3.05, 3.63) is 16.9 Å². The zero-order chi connectivity index (χ0) is 9.84. The first-order valence-corrected chi connectivity index (χ1v) is 4.96. The summed E-state index contributed by atoms with van der Waals surface area (Å²) in [5.74, 6) is 0. The first-order chi connectivity index (χ1) is 6.16. The summed E-state index contributed by atoms with van der Waals surface area (Å²) in [5.41, 5.74) is 6.55. The van der Waals surface area contributed by atoms with Crippen LogP contribution in [0.25, 0.3) is 0 Å². The van der Waals surface area contributed by atoms with E-state index < -0.39 is 0 Å². The third-order valence-electron chi connectivity index (χ3n) is 1.95. The molecule has 0 fully saturated rings. The van der Waals surface area contributed by atoms with Crippen molar-refractivity contribution in [1.29, 1.82) is 0 Å². The third kappa shape index (κ3) is 2.45. The first kappa shape index (κ1) is 10.5. The normalized spacial score (nSPS) is 11.2. The molecule has 0 aliphatic rings. The number of hydrogen-bond acceptors (Lipinski definition) is 2.